The second kappa shape index (κ2) is 2.58. The molecule has 0 atom stereocenters. The molecule has 2 bridgehead atoms. The molecule has 2 rings (SSSR count). The molecular weight excluding hydrogens is 148 g/mol. The van der Waals surface area contributed by atoms with E-state index in [1.807, 2.05) is 13.8 Å². The Morgan fingerprint density at radius 2 is 1.92 bits per heavy atom. The molecule has 2 saturated carbocycles. The van der Waals surface area contributed by atoms with Crippen LogP contribution in [-0.4, -0.2) is 5.78 Å². The van der Waals surface area contributed by atoms with E-state index in [0.717, 1.165) is 5.92 Å². The molecule has 1 heteroatoms. The number of carbonyl (C=O) groups excluding carboxylic acids is 1. The lowest BCUT2D eigenvalue weighted by Gasteiger charge is -2.26. The van der Waals surface area contributed by atoms with Crippen LogP contribution in [0.15, 0.2) is 0 Å². The van der Waals surface area contributed by atoms with Crippen LogP contribution in [0.3, 0.4) is 0 Å². The van der Waals surface area contributed by atoms with Crippen molar-refractivity contribution in [3.63, 3.8) is 0 Å². The van der Waals surface area contributed by atoms with E-state index in [9.17, 15) is 4.79 Å². The molecular formula is C11H18O. The van der Waals surface area contributed by atoms with Gasteiger partial charge in [0.2, 0.25) is 0 Å². The van der Waals surface area contributed by atoms with Crippen molar-refractivity contribution in [3.05, 3.63) is 0 Å². The summed E-state index contributed by atoms with van der Waals surface area (Å²) in [5.41, 5.74) is 0.152. The molecule has 0 radical (unpaired) electrons. The number of ketones is 1. The van der Waals surface area contributed by atoms with Crippen LogP contribution in [0.25, 0.3) is 0 Å². The molecule has 0 aliphatic heterocycles. The summed E-state index contributed by atoms with van der Waals surface area (Å²) >= 11 is 0. The second-order valence-electron chi connectivity index (χ2n) is 4.95. The fraction of sp³-hybridized carbons (Fsp3) is 0.909. The molecule has 0 N–H and O–H groups in total. The van der Waals surface area contributed by atoms with Gasteiger partial charge in [-0.2, -0.15) is 0 Å². The normalized spacial score (nSPS) is 39.4. The lowest BCUT2D eigenvalue weighted by molar-refractivity contribution is -0.131. The van der Waals surface area contributed by atoms with Gasteiger partial charge in [0, 0.05) is 11.3 Å². The Kier molecular flexibility index (Phi) is 1.78. The van der Waals surface area contributed by atoms with Crippen LogP contribution in [0.2, 0.25) is 0 Å². The first kappa shape index (κ1) is 8.28. The maximum Gasteiger partial charge on any atom is 0.141 e. The molecule has 0 heterocycles. The van der Waals surface area contributed by atoms with Crippen molar-refractivity contribution in [1.29, 1.82) is 0 Å². The molecule has 0 amide bonds. The van der Waals surface area contributed by atoms with Gasteiger partial charge in [-0.15, -0.1) is 0 Å². The Hall–Kier alpha value is -0.330. The van der Waals surface area contributed by atoms with Crippen molar-refractivity contribution in [3.8, 4) is 0 Å². The van der Waals surface area contributed by atoms with Crippen LogP contribution < -0.4 is 0 Å². The first-order valence-corrected chi connectivity index (χ1v) is 5.18. The van der Waals surface area contributed by atoms with E-state index in [2.05, 4.69) is 0 Å². The summed E-state index contributed by atoms with van der Waals surface area (Å²) in [7, 11) is 0. The SMILES string of the molecule is CC(C)C(=O)C12CCC(CC1)C2. The lowest BCUT2D eigenvalue weighted by Crippen LogP contribution is -2.30. The highest BCUT2D eigenvalue weighted by molar-refractivity contribution is 5.87. The van der Waals surface area contributed by atoms with Crippen molar-refractivity contribution >= 4 is 5.78 Å². The van der Waals surface area contributed by atoms with E-state index < -0.39 is 0 Å². The maximum atomic E-state index is 11.9. The number of hydrogen-bond donors (Lipinski definition) is 0. The molecule has 0 aromatic heterocycles. The number of rotatable bonds is 2. The Bertz CT molecular complexity index is 197. The summed E-state index contributed by atoms with van der Waals surface area (Å²) in [5.74, 6) is 1.69. The number of hydrogen-bond acceptors (Lipinski definition) is 1. The van der Waals surface area contributed by atoms with Gasteiger partial charge >= 0.3 is 0 Å². The molecule has 1 nitrogen and oxygen atoms in total. The fourth-order valence-corrected chi connectivity index (χ4v) is 3.15. The van der Waals surface area contributed by atoms with Gasteiger partial charge < -0.3 is 0 Å². The smallest absolute Gasteiger partial charge is 0.141 e. The third kappa shape index (κ3) is 1.02. The monoisotopic (exact) mass is 166 g/mol. The molecule has 0 aromatic carbocycles. The Balaban J connectivity index is 2.16. The molecule has 0 aromatic rings. The Labute approximate surface area is 74.5 Å². The summed E-state index contributed by atoms with van der Waals surface area (Å²) in [5, 5.41) is 0. The van der Waals surface area contributed by atoms with E-state index in [1.54, 1.807) is 0 Å². The van der Waals surface area contributed by atoms with E-state index in [-0.39, 0.29) is 11.3 Å². The van der Waals surface area contributed by atoms with Gasteiger partial charge in [-0.05, 0) is 38.0 Å². The molecule has 2 aliphatic carbocycles. The minimum Gasteiger partial charge on any atom is -0.299 e. The molecule has 12 heavy (non-hydrogen) atoms. The van der Waals surface area contributed by atoms with Crippen LogP contribution in [0, 0.1) is 17.3 Å². The minimum atomic E-state index is 0.152. The van der Waals surface area contributed by atoms with Crippen molar-refractivity contribution in [2.45, 2.75) is 46.0 Å². The van der Waals surface area contributed by atoms with Crippen LogP contribution in [0.5, 0.6) is 0 Å². The Morgan fingerprint density at radius 3 is 2.25 bits per heavy atom. The van der Waals surface area contributed by atoms with E-state index in [4.69, 9.17) is 0 Å². The zero-order valence-electron chi connectivity index (χ0n) is 8.10. The first-order valence-electron chi connectivity index (χ1n) is 5.18. The van der Waals surface area contributed by atoms with Gasteiger partial charge in [0.25, 0.3) is 0 Å². The zero-order valence-corrected chi connectivity index (χ0v) is 8.10. The van der Waals surface area contributed by atoms with Crippen molar-refractivity contribution in [2.24, 2.45) is 17.3 Å². The zero-order chi connectivity index (χ0) is 8.77. The Morgan fingerprint density at radius 1 is 1.33 bits per heavy atom. The summed E-state index contributed by atoms with van der Waals surface area (Å²) < 4.78 is 0. The predicted molar refractivity (Wildman–Crippen MR) is 48.9 cm³/mol. The summed E-state index contributed by atoms with van der Waals surface area (Å²) in [6.07, 6.45) is 6.23. The highest BCUT2D eigenvalue weighted by atomic mass is 16.1. The van der Waals surface area contributed by atoms with Crippen molar-refractivity contribution < 1.29 is 4.79 Å². The lowest BCUT2D eigenvalue weighted by atomic mass is 9.76. The topological polar surface area (TPSA) is 17.1 Å². The third-order valence-corrected chi connectivity index (χ3v) is 3.79. The summed E-state index contributed by atoms with van der Waals surface area (Å²) in [6.45, 7) is 4.09. The highest BCUT2D eigenvalue weighted by Crippen LogP contribution is 2.55. The van der Waals surface area contributed by atoms with E-state index >= 15 is 0 Å². The predicted octanol–water partition coefficient (Wildman–Crippen LogP) is 2.79. The van der Waals surface area contributed by atoms with Crippen LogP contribution >= 0.6 is 0 Å². The van der Waals surface area contributed by atoms with Gasteiger partial charge in [-0.25, -0.2) is 0 Å². The van der Waals surface area contributed by atoms with Gasteiger partial charge in [0.05, 0.1) is 0 Å². The summed E-state index contributed by atoms with van der Waals surface area (Å²) in [6, 6.07) is 0. The van der Waals surface area contributed by atoms with Gasteiger partial charge in [0.15, 0.2) is 0 Å². The van der Waals surface area contributed by atoms with E-state index in [1.165, 1.54) is 32.1 Å². The fourth-order valence-electron chi connectivity index (χ4n) is 3.15. The molecule has 2 aliphatic rings. The van der Waals surface area contributed by atoms with Gasteiger partial charge in [-0.3, -0.25) is 4.79 Å². The average molecular weight is 166 g/mol. The molecule has 68 valence electrons. The van der Waals surface area contributed by atoms with Crippen molar-refractivity contribution in [2.75, 3.05) is 0 Å². The molecule has 0 unspecified atom stereocenters. The number of fused-ring (bicyclic) bond motifs is 2. The minimum absolute atomic E-state index is 0.152. The molecule has 0 saturated heterocycles. The van der Waals surface area contributed by atoms with Crippen LogP contribution in [-0.2, 0) is 4.79 Å². The average Bonchev–Trinajstić information content (AvgIpc) is 2.62. The van der Waals surface area contributed by atoms with Gasteiger partial charge in [0.1, 0.15) is 5.78 Å². The first-order chi connectivity index (χ1) is 5.64. The third-order valence-electron chi connectivity index (χ3n) is 3.79. The summed E-state index contributed by atoms with van der Waals surface area (Å²) in [4.78, 5) is 11.9. The highest BCUT2D eigenvalue weighted by Gasteiger charge is 2.49. The largest absolute Gasteiger partial charge is 0.299 e. The standard InChI is InChI=1S/C11H18O/c1-8(2)10(12)11-5-3-9(7-11)4-6-11/h8-9H,3-7H2,1-2H3. The van der Waals surface area contributed by atoms with Gasteiger partial charge in [-0.1, -0.05) is 13.8 Å². The van der Waals surface area contributed by atoms with Crippen LogP contribution in [0.1, 0.15) is 46.0 Å². The number of Topliss-reactive ketones (excluding diaryl/α,β-unsaturated/α-hetero) is 1. The molecule has 2 fully saturated rings. The van der Waals surface area contributed by atoms with Crippen molar-refractivity contribution in [1.82, 2.24) is 0 Å². The molecule has 0 spiro atoms. The number of carbonyl (C=O) groups is 1. The van der Waals surface area contributed by atoms with Crippen LogP contribution in [0.4, 0.5) is 0 Å². The second-order valence-corrected chi connectivity index (χ2v) is 4.95. The quantitative estimate of drug-likeness (QED) is 0.616. The maximum absolute atomic E-state index is 11.9. The van der Waals surface area contributed by atoms with E-state index in [0.29, 0.717) is 5.78 Å².